The molecule has 2 aromatic rings. The summed E-state index contributed by atoms with van der Waals surface area (Å²) in [6.07, 6.45) is 7.41. The van der Waals surface area contributed by atoms with Crippen LogP contribution in [-0.4, -0.2) is 47.8 Å². The molecule has 0 radical (unpaired) electrons. The molecule has 1 aliphatic heterocycles. The quantitative estimate of drug-likeness (QED) is 0.825. The van der Waals surface area contributed by atoms with Crippen LogP contribution >= 0.6 is 15.9 Å². The third-order valence-corrected chi connectivity index (χ3v) is 6.12. The zero-order valence-corrected chi connectivity index (χ0v) is 16.4. The lowest BCUT2D eigenvalue weighted by atomic mass is 9.94. The van der Waals surface area contributed by atoms with Crippen LogP contribution in [-0.2, 0) is 19.3 Å². The molecule has 0 unspecified atom stereocenters. The van der Waals surface area contributed by atoms with Crippen molar-refractivity contribution in [2.75, 3.05) is 37.6 Å². The second-order valence-corrected chi connectivity index (χ2v) is 8.16. The van der Waals surface area contributed by atoms with Crippen molar-refractivity contribution < 1.29 is 0 Å². The topological polar surface area (TPSA) is 35.2 Å². The van der Waals surface area contributed by atoms with Crippen molar-refractivity contribution in [2.45, 2.75) is 38.5 Å². The predicted octanol–water partition coefficient (Wildman–Crippen LogP) is 3.81. The lowest BCUT2D eigenvalue weighted by Gasteiger charge is -2.36. The Morgan fingerprint density at radius 3 is 2.56 bits per heavy atom. The molecule has 5 heteroatoms. The molecule has 4 rings (SSSR count). The van der Waals surface area contributed by atoms with E-state index in [4.69, 9.17) is 0 Å². The van der Waals surface area contributed by atoms with E-state index in [-0.39, 0.29) is 0 Å². The Morgan fingerprint density at radius 2 is 1.76 bits per heavy atom. The number of halogens is 1. The number of benzene rings is 1. The van der Waals surface area contributed by atoms with Crippen LogP contribution < -0.4 is 4.90 Å². The molecule has 1 aromatic carbocycles. The first-order valence-corrected chi connectivity index (χ1v) is 10.4. The van der Waals surface area contributed by atoms with E-state index >= 15 is 0 Å². The van der Waals surface area contributed by atoms with Crippen molar-refractivity contribution in [3.8, 4) is 0 Å². The third kappa shape index (κ3) is 4.09. The molecule has 4 nitrogen and oxygen atoms in total. The van der Waals surface area contributed by atoms with Crippen LogP contribution in [0.1, 0.15) is 36.2 Å². The summed E-state index contributed by atoms with van der Waals surface area (Å²) in [5, 5.41) is 7.85. The molecule has 25 heavy (non-hydrogen) atoms. The van der Waals surface area contributed by atoms with E-state index in [1.807, 2.05) is 0 Å². The lowest BCUT2D eigenvalue weighted by Crippen LogP contribution is -2.46. The molecule has 1 aromatic heterocycles. The molecule has 1 fully saturated rings. The van der Waals surface area contributed by atoms with Gasteiger partial charge in [-0.3, -0.25) is 10.00 Å². The predicted molar refractivity (Wildman–Crippen MR) is 106 cm³/mol. The Bertz CT molecular complexity index is 686. The Hall–Kier alpha value is -1.33. The fourth-order valence-corrected chi connectivity index (χ4v) is 4.37. The second kappa shape index (κ2) is 7.92. The van der Waals surface area contributed by atoms with Gasteiger partial charge >= 0.3 is 0 Å². The van der Waals surface area contributed by atoms with Gasteiger partial charge in [0.2, 0.25) is 0 Å². The Morgan fingerprint density at radius 1 is 1.00 bits per heavy atom. The Labute approximate surface area is 158 Å². The first-order valence-electron chi connectivity index (χ1n) is 9.57. The van der Waals surface area contributed by atoms with E-state index in [1.165, 1.54) is 61.3 Å². The molecule has 0 spiro atoms. The first-order chi connectivity index (χ1) is 12.3. The second-order valence-electron chi connectivity index (χ2n) is 7.24. The van der Waals surface area contributed by atoms with E-state index in [2.05, 4.69) is 60.2 Å². The normalized spacial score (nSPS) is 18.4. The number of H-pyrrole nitrogens is 1. The van der Waals surface area contributed by atoms with Crippen molar-refractivity contribution in [1.29, 1.82) is 0 Å². The number of rotatable bonds is 5. The summed E-state index contributed by atoms with van der Waals surface area (Å²) in [5.74, 6) is 0. The lowest BCUT2D eigenvalue weighted by molar-refractivity contribution is 0.255. The molecular formula is C20H27BrN4. The van der Waals surface area contributed by atoms with Crippen LogP contribution in [0.5, 0.6) is 0 Å². The number of nitrogens with one attached hydrogen (secondary N) is 1. The first kappa shape index (κ1) is 17.1. The van der Waals surface area contributed by atoms with Crippen LogP contribution in [0, 0.1) is 0 Å². The summed E-state index contributed by atoms with van der Waals surface area (Å²) < 4.78 is 1.15. The number of piperazine rings is 1. The summed E-state index contributed by atoms with van der Waals surface area (Å²) in [5.41, 5.74) is 5.62. The molecule has 1 aliphatic carbocycles. The maximum absolute atomic E-state index is 4.58. The maximum Gasteiger partial charge on any atom is 0.0657 e. The summed E-state index contributed by atoms with van der Waals surface area (Å²) in [6.45, 7) is 5.76. The van der Waals surface area contributed by atoms with E-state index < -0.39 is 0 Å². The van der Waals surface area contributed by atoms with Crippen LogP contribution in [0.2, 0.25) is 0 Å². The summed E-state index contributed by atoms with van der Waals surface area (Å²) in [6, 6.07) is 8.68. The minimum atomic E-state index is 1.12. The number of aryl methyl sites for hydroxylation is 2. The highest BCUT2D eigenvalue weighted by Crippen LogP contribution is 2.23. The van der Waals surface area contributed by atoms with Crippen molar-refractivity contribution in [1.82, 2.24) is 15.1 Å². The Kier molecular flexibility index (Phi) is 5.42. The molecule has 1 saturated heterocycles. The van der Waals surface area contributed by atoms with Crippen molar-refractivity contribution in [2.24, 2.45) is 0 Å². The van der Waals surface area contributed by atoms with E-state index in [0.717, 1.165) is 37.1 Å². The van der Waals surface area contributed by atoms with E-state index in [9.17, 15) is 0 Å². The average Bonchev–Trinajstić information content (AvgIpc) is 3.06. The number of hydrogen-bond donors (Lipinski definition) is 1. The number of aromatic nitrogens is 2. The number of anilines is 1. The van der Waals surface area contributed by atoms with Gasteiger partial charge in [-0.2, -0.15) is 5.10 Å². The highest BCUT2D eigenvalue weighted by Gasteiger charge is 2.19. The van der Waals surface area contributed by atoms with Crippen molar-refractivity contribution in [3.05, 3.63) is 45.7 Å². The van der Waals surface area contributed by atoms with Crippen LogP contribution in [0.15, 0.2) is 28.7 Å². The molecule has 1 N–H and O–H groups in total. The van der Waals surface area contributed by atoms with Gasteiger partial charge in [0.1, 0.15) is 0 Å². The Balaban J connectivity index is 1.23. The van der Waals surface area contributed by atoms with Crippen molar-refractivity contribution >= 4 is 21.6 Å². The fourth-order valence-electron chi connectivity index (χ4n) is 4.11. The van der Waals surface area contributed by atoms with Gasteiger partial charge in [-0.25, -0.2) is 0 Å². The van der Waals surface area contributed by atoms with Crippen molar-refractivity contribution in [3.63, 3.8) is 0 Å². The summed E-state index contributed by atoms with van der Waals surface area (Å²) in [4.78, 5) is 5.10. The number of hydrogen-bond acceptors (Lipinski definition) is 3. The number of fused-ring (bicyclic) bond motifs is 1. The molecule has 0 saturated carbocycles. The molecule has 0 atom stereocenters. The molecule has 0 bridgehead atoms. The van der Waals surface area contributed by atoms with Crippen LogP contribution in [0.3, 0.4) is 0 Å². The third-order valence-electron chi connectivity index (χ3n) is 5.59. The average molecular weight is 403 g/mol. The molecule has 134 valence electrons. The highest BCUT2D eigenvalue weighted by atomic mass is 79.9. The van der Waals surface area contributed by atoms with E-state index in [1.54, 1.807) is 0 Å². The molecule has 2 aliphatic rings. The van der Waals surface area contributed by atoms with Crippen LogP contribution in [0.4, 0.5) is 5.69 Å². The minimum absolute atomic E-state index is 1.12. The largest absolute Gasteiger partial charge is 0.369 e. The molecule has 0 amide bonds. The number of aromatic amines is 1. The van der Waals surface area contributed by atoms with Gasteiger partial charge < -0.3 is 4.90 Å². The van der Waals surface area contributed by atoms with E-state index in [0.29, 0.717) is 0 Å². The van der Waals surface area contributed by atoms with Gasteiger partial charge in [0.25, 0.3) is 0 Å². The smallest absolute Gasteiger partial charge is 0.0657 e. The highest BCUT2D eigenvalue weighted by molar-refractivity contribution is 9.10. The zero-order valence-electron chi connectivity index (χ0n) is 14.8. The minimum Gasteiger partial charge on any atom is -0.369 e. The molecular weight excluding hydrogens is 376 g/mol. The van der Waals surface area contributed by atoms with Gasteiger partial charge in [-0.05, 0) is 74.9 Å². The van der Waals surface area contributed by atoms with Gasteiger partial charge in [0.05, 0.1) is 5.69 Å². The van der Waals surface area contributed by atoms with Crippen LogP contribution in [0.25, 0.3) is 0 Å². The van der Waals surface area contributed by atoms with Gasteiger partial charge in [-0.1, -0.05) is 15.9 Å². The zero-order chi connectivity index (χ0) is 17.1. The van der Waals surface area contributed by atoms with Gasteiger partial charge in [-0.15, -0.1) is 0 Å². The summed E-state index contributed by atoms with van der Waals surface area (Å²) in [7, 11) is 0. The fraction of sp³-hybridized carbons (Fsp3) is 0.550. The monoisotopic (exact) mass is 402 g/mol. The standard InChI is InChI=1S/C20H27BrN4/c21-16-7-9-17(10-8-16)25-14-12-24(13-15-25)11-3-6-20-18-4-1-2-5-19(18)22-23-20/h7-10H,1-6,11-15H2,(H,22,23). The number of nitrogens with zero attached hydrogens (tertiary/aromatic N) is 3. The maximum atomic E-state index is 4.58. The van der Waals surface area contributed by atoms with Gasteiger partial charge in [0.15, 0.2) is 0 Å². The summed E-state index contributed by atoms with van der Waals surface area (Å²) >= 11 is 3.51. The SMILES string of the molecule is Brc1ccc(N2CCN(CCCc3n[nH]c4c3CCCC4)CC2)cc1. The van der Waals surface area contributed by atoms with Gasteiger partial charge in [0, 0.05) is 42.0 Å². The molecule has 2 heterocycles.